The first-order valence-corrected chi connectivity index (χ1v) is 8.56. The summed E-state index contributed by atoms with van der Waals surface area (Å²) in [5.74, 6) is 1.33. The van der Waals surface area contributed by atoms with Crippen LogP contribution in [0, 0.1) is 0 Å². The van der Waals surface area contributed by atoms with Gasteiger partial charge in [0.05, 0.1) is 26.0 Å². The molecule has 0 aliphatic heterocycles. The third-order valence-electron chi connectivity index (χ3n) is 3.62. The van der Waals surface area contributed by atoms with Gasteiger partial charge in [0, 0.05) is 11.8 Å². The molecule has 6 nitrogen and oxygen atoms in total. The van der Waals surface area contributed by atoms with Gasteiger partial charge in [-0.15, -0.1) is 0 Å². The third kappa shape index (κ3) is 6.12. The minimum atomic E-state index is -0.227. The van der Waals surface area contributed by atoms with Crippen molar-refractivity contribution in [1.29, 1.82) is 0 Å². The zero-order chi connectivity index (χ0) is 18.8. The Kier molecular flexibility index (Phi) is 7.49. The first-order chi connectivity index (χ1) is 12.6. The molecule has 2 aromatic carbocycles. The number of methoxy groups -OCH3 is 1. The van der Waals surface area contributed by atoms with Gasteiger partial charge in [-0.2, -0.15) is 5.10 Å². The Bertz CT molecular complexity index is 742. The molecule has 0 unspecified atom stereocenters. The molecule has 0 radical (unpaired) electrons. The second-order valence-electron chi connectivity index (χ2n) is 5.69. The molecule has 0 aliphatic carbocycles. The van der Waals surface area contributed by atoms with Crippen LogP contribution in [0.3, 0.4) is 0 Å². The Balaban J connectivity index is 1.84. The molecule has 1 amide bonds. The summed E-state index contributed by atoms with van der Waals surface area (Å²) in [4.78, 5) is 11.9. The maximum absolute atomic E-state index is 11.9. The standard InChI is InChI=1S/C20H25N3O3/c1-4-12-26-18-10-8-16(9-11-18)15(2)22-23-20(24)14-21-17-6-5-7-19(13-17)25-3/h5-11,13,21H,4,12,14H2,1-3H3,(H,23,24)/b22-15-. The van der Waals surface area contributed by atoms with Crippen molar-refractivity contribution in [3.63, 3.8) is 0 Å². The molecule has 2 rings (SSSR count). The van der Waals surface area contributed by atoms with Crippen LogP contribution < -0.4 is 20.2 Å². The molecule has 26 heavy (non-hydrogen) atoms. The highest BCUT2D eigenvalue weighted by atomic mass is 16.5. The second-order valence-corrected chi connectivity index (χ2v) is 5.69. The van der Waals surface area contributed by atoms with E-state index in [4.69, 9.17) is 9.47 Å². The summed E-state index contributed by atoms with van der Waals surface area (Å²) in [6.07, 6.45) is 0.970. The fourth-order valence-corrected chi connectivity index (χ4v) is 2.18. The van der Waals surface area contributed by atoms with Gasteiger partial charge in [-0.1, -0.05) is 13.0 Å². The van der Waals surface area contributed by atoms with Crippen molar-refractivity contribution in [2.75, 3.05) is 25.6 Å². The predicted octanol–water partition coefficient (Wildman–Crippen LogP) is 3.44. The quantitative estimate of drug-likeness (QED) is 0.534. The Labute approximate surface area is 154 Å². The lowest BCUT2D eigenvalue weighted by molar-refractivity contribution is -0.119. The Morgan fingerprint density at radius 1 is 1.12 bits per heavy atom. The van der Waals surface area contributed by atoms with E-state index in [0.717, 1.165) is 34.9 Å². The summed E-state index contributed by atoms with van der Waals surface area (Å²) in [6, 6.07) is 15.0. The van der Waals surface area contributed by atoms with E-state index in [-0.39, 0.29) is 12.5 Å². The van der Waals surface area contributed by atoms with E-state index in [1.54, 1.807) is 7.11 Å². The van der Waals surface area contributed by atoms with E-state index >= 15 is 0 Å². The number of carbonyl (C=O) groups is 1. The smallest absolute Gasteiger partial charge is 0.259 e. The summed E-state index contributed by atoms with van der Waals surface area (Å²) in [7, 11) is 1.60. The topological polar surface area (TPSA) is 72.0 Å². The molecule has 0 heterocycles. The van der Waals surface area contributed by atoms with Crippen molar-refractivity contribution in [3.8, 4) is 11.5 Å². The SMILES string of the molecule is CCCOc1ccc(/C(C)=N\NC(=O)CNc2cccc(OC)c2)cc1. The summed E-state index contributed by atoms with van der Waals surface area (Å²) in [6.45, 7) is 4.73. The number of carbonyl (C=O) groups excluding carboxylic acids is 1. The largest absolute Gasteiger partial charge is 0.497 e. The summed E-state index contributed by atoms with van der Waals surface area (Å²) in [5, 5.41) is 7.18. The monoisotopic (exact) mass is 355 g/mol. The molecule has 0 saturated heterocycles. The van der Waals surface area contributed by atoms with Crippen LogP contribution in [0.25, 0.3) is 0 Å². The number of nitrogens with one attached hydrogen (secondary N) is 2. The molecular formula is C20H25N3O3. The zero-order valence-electron chi connectivity index (χ0n) is 15.4. The number of nitrogens with zero attached hydrogens (tertiary/aromatic N) is 1. The highest BCUT2D eigenvalue weighted by Gasteiger charge is 2.03. The highest BCUT2D eigenvalue weighted by Crippen LogP contribution is 2.16. The number of rotatable bonds is 9. The van der Waals surface area contributed by atoms with Gasteiger partial charge in [-0.25, -0.2) is 5.43 Å². The number of benzene rings is 2. The maximum atomic E-state index is 11.9. The van der Waals surface area contributed by atoms with Gasteiger partial charge < -0.3 is 14.8 Å². The van der Waals surface area contributed by atoms with Crippen LogP contribution in [-0.2, 0) is 4.79 Å². The van der Waals surface area contributed by atoms with Gasteiger partial charge in [0.1, 0.15) is 11.5 Å². The Morgan fingerprint density at radius 3 is 2.58 bits per heavy atom. The summed E-state index contributed by atoms with van der Waals surface area (Å²) >= 11 is 0. The number of anilines is 1. The molecule has 2 N–H and O–H groups in total. The average molecular weight is 355 g/mol. The first-order valence-electron chi connectivity index (χ1n) is 8.56. The van der Waals surface area contributed by atoms with Gasteiger partial charge in [0.15, 0.2) is 0 Å². The molecule has 0 spiro atoms. The van der Waals surface area contributed by atoms with Crippen molar-refractivity contribution < 1.29 is 14.3 Å². The van der Waals surface area contributed by atoms with Crippen molar-refractivity contribution in [1.82, 2.24) is 5.43 Å². The zero-order valence-corrected chi connectivity index (χ0v) is 15.4. The number of ether oxygens (including phenoxy) is 2. The van der Waals surface area contributed by atoms with E-state index in [9.17, 15) is 4.79 Å². The molecule has 0 aromatic heterocycles. The molecule has 6 heteroatoms. The molecule has 2 aromatic rings. The van der Waals surface area contributed by atoms with E-state index in [1.807, 2.05) is 55.5 Å². The van der Waals surface area contributed by atoms with Gasteiger partial charge >= 0.3 is 0 Å². The van der Waals surface area contributed by atoms with Crippen molar-refractivity contribution in [2.24, 2.45) is 5.10 Å². The third-order valence-corrected chi connectivity index (χ3v) is 3.62. The molecule has 0 aliphatic rings. The number of amides is 1. The Morgan fingerprint density at radius 2 is 1.88 bits per heavy atom. The number of hydrazone groups is 1. The molecular weight excluding hydrogens is 330 g/mol. The van der Waals surface area contributed by atoms with Gasteiger partial charge in [0.2, 0.25) is 0 Å². The lowest BCUT2D eigenvalue weighted by Gasteiger charge is -2.08. The summed E-state index contributed by atoms with van der Waals surface area (Å²) < 4.78 is 10.7. The Hall–Kier alpha value is -3.02. The van der Waals surface area contributed by atoms with Crippen molar-refractivity contribution in [3.05, 3.63) is 54.1 Å². The maximum Gasteiger partial charge on any atom is 0.259 e. The van der Waals surface area contributed by atoms with Crippen molar-refractivity contribution >= 4 is 17.3 Å². The van der Waals surface area contributed by atoms with E-state index in [1.165, 1.54) is 0 Å². The van der Waals surface area contributed by atoms with Gasteiger partial charge in [-0.05, 0) is 55.3 Å². The predicted molar refractivity (Wildman–Crippen MR) is 104 cm³/mol. The fourth-order valence-electron chi connectivity index (χ4n) is 2.18. The van der Waals surface area contributed by atoms with Crippen LogP contribution in [0.5, 0.6) is 11.5 Å². The highest BCUT2D eigenvalue weighted by molar-refractivity contribution is 5.99. The van der Waals surface area contributed by atoms with E-state index in [0.29, 0.717) is 6.61 Å². The number of hydrogen-bond acceptors (Lipinski definition) is 5. The van der Waals surface area contributed by atoms with E-state index < -0.39 is 0 Å². The first kappa shape index (κ1) is 19.3. The van der Waals surface area contributed by atoms with Crippen molar-refractivity contribution in [2.45, 2.75) is 20.3 Å². The average Bonchev–Trinajstić information content (AvgIpc) is 2.69. The molecule has 0 fully saturated rings. The lowest BCUT2D eigenvalue weighted by atomic mass is 10.1. The minimum Gasteiger partial charge on any atom is -0.497 e. The van der Waals surface area contributed by atoms with Crippen LogP contribution >= 0.6 is 0 Å². The normalized spacial score (nSPS) is 11.0. The van der Waals surface area contributed by atoms with Crippen LogP contribution in [0.2, 0.25) is 0 Å². The molecule has 0 saturated carbocycles. The lowest BCUT2D eigenvalue weighted by Crippen LogP contribution is -2.26. The second kappa shape index (κ2) is 10.1. The summed E-state index contributed by atoms with van der Waals surface area (Å²) in [5.41, 5.74) is 5.01. The van der Waals surface area contributed by atoms with Gasteiger partial charge in [0.25, 0.3) is 5.91 Å². The van der Waals surface area contributed by atoms with Crippen LogP contribution in [-0.4, -0.2) is 31.9 Å². The van der Waals surface area contributed by atoms with Gasteiger partial charge in [-0.3, -0.25) is 4.79 Å². The fraction of sp³-hybridized carbons (Fsp3) is 0.300. The van der Waals surface area contributed by atoms with Crippen LogP contribution in [0.1, 0.15) is 25.8 Å². The number of hydrogen-bond donors (Lipinski definition) is 2. The molecule has 0 atom stereocenters. The van der Waals surface area contributed by atoms with E-state index in [2.05, 4.69) is 22.8 Å². The van der Waals surface area contributed by atoms with Crippen LogP contribution in [0.4, 0.5) is 5.69 Å². The molecule has 0 bridgehead atoms. The molecule has 138 valence electrons. The minimum absolute atomic E-state index is 0.119. The van der Waals surface area contributed by atoms with Crippen LogP contribution in [0.15, 0.2) is 53.6 Å².